The number of nitrogens with zero attached hydrogens (tertiary/aromatic N) is 3. The number of anilines is 1. The number of hydrogen-bond donors (Lipinski definition) is 0. The second-order valence-electron chi connectivity index (χ2n) is 10.0. The van der Waals surface area contributed by atoms with E-state index in [0.29, 0.717) is 28.1 Å². The normalized spacial score (nSPS) is 16.9. The molecule has 6 nitrogen and oxygen atoms in total. The van der Waals surface area contributed by atoms with E-state index in [1.807, 2.05) is 24.4 Å². The second kappa shape index (κ2) is 11.2. The number of fused-ring (bicyclic) bond motifs is 1. The standard InChI is InChI=1S/C34H31N3O3/c1-40-28-18-16-27(17-19-28)37-33(38)30-15-9-8-14-29(30)31(34(37)39)24-35-20-22-36(23-21-35)32(25-10-4-2-5-11-25)26-12-6-3-7-13-26/h2-19,24,32H,20-23H2,1H3/b31-24+. The average Bonchev–Trinajstić information content (AvgIpc) is 3.02. The van der Waals surface area contributed by atoms with Crippen molar-refractivity contribution in [2.24, 2.45) is 0 Å². The third kappa shape index (κ3) is 4.90. The van der Waals surface area contributed by atoms with Gasteiger partial charge in [-0.1, -0.05) is 78.9 Å². The van der Waals surface area contributed by atoms with Crippen LogP contribution in [0.4, 0.5) is 5.69 Å². The minimum atomic E-state index is -0.318. The van der Waals surface area contributed by atoms with Crippen LogP contribution in [0.5, 0.6) is 5.75 Å². The highest BCUT2D eigenvalue weighted by atomic mass is 16.5. The Morgan fingerprint density at radius 1 is 0.650 bits per heavy atom. The van der Waals surface area contributed by atoms with Crippen LogP contribution in [0, 0.1) is 0 Å². The quantitative estimate of drug-likeness (QED) is 0.239. The minimum Gasteiger partial charge on any atom is -0.497 e. The molecular weight excluding hydrogens is 498 g/mol. The summed E-state index contributed by atoms with van der Waals surface area (Å²) in [4.78, 5) is 33.2. The molecular formula is C34H31N3O3. The van der Waals surface area contributed by atoms with Gasteiger partial charge >= 0.3 is 0 Å². The van der Waals surface area contributed by atoms with Crippen LogP contribution in [0.1, 0.15) is 33.1 Å². The number of benzene rings is 4. The van der Waals surface area contributed by atoms with Crippen LogP contribution in [0.25, 0.3) is 5.57 Å². The molecule has 6 heteroatoms. The minimum absolute atomic E-state index is 0.164. The molecule has 0 radical (unpaired) electrons. The zero-order chi connectivity index (χ0) is 27.5. The van der Waals surface area contributed by atoms with Crippen molar-refractivity contribution < 1.29 is 14.3 Å². The Bertz CT molecular complexity index is 1490. The average molecular weight is 530 g/mol. The zero-order valence-electron chi connectivity index (χ0n) is 22.4. The molecule has 0 unspecified atom stereocenters. The molecule has 2 heterocycles. The highest BCUT2D eigenvalue weighted by Crippen LogP contribution is 2.34. The molecule has 2 amide bonds. The molecule has 0 N–H and O–H groups in total. The number of ether oxygens (including phenoxy) is 1. The molecule has 1 saturated heterocycles. The lowest BCUT2D eigenvalue weighted by molar-refractivity contribution is -0.112. The maximum absolute atomic E-state index is 13.8. The Morgan fingerprint density at radius 3 is 1.77 bits per heavy atom. The van der Waals surface area contributed by atoms with Crippen molar-refractivity contribution in [1.82, 2.24) is 9.80 Å². The smallest absolute Gasteiger partial charge is 0.267 e. The summed E-state index contributed by atoms with van der Waals surface area (Å²) in [6.07, 6.45) is 1.95. The predicted octanol–water partition coefficient (Wildman–Crippen LogP) is 5.63. The van der Waals surface area contributed by atoms with Gasteiger partial charge in [-0.05, 0) is 41.5 Å². The summed E-state index contributed by atoms with van der Waals surface area (Å²) in [7, 11) is 1.59. The lowest BCUT2D eigenvalue weighted by Crippen LogP contribution is -2.47. The largest absolute Gasteiger partial charge is 0.497 e. The SMILES string of the molecule is COc1ccc(N2C(=O)/C(=C/N3CCN(C(c4ccccc4)c4ccccc4)CC3)c3ccccc3C2=O)cc1. The number of hydrogen-bond acceptors (Lipinski definition) is 5. The van der Waals surface area contributed by atoms with E-state index in [9.17, 15) is 9.59 Å². The molecule has 40 heavy (non-hydrogen) atoms. The maximum Gasteiger partial charge on any atom is 0.267 e. The van der Waals surface area contributed by atoms with Crippen molar-refractivity contribution in [3.63, 3.8) is 0 Å². The number of rotatable bonds is 6. The van der Waals surface area contributed by atoms with Crippen LogP contribution in [0.15, 0.2) is 115 Å². The van der Waals surface area contributed by atoms with Crippen molar-refractivity contribution >= 4 is 23.1 Å². The van der Waals surface area contributed by atoms with E-state index < -0.39 is 0 Å². The van der Waals surface area contributed by atoms with Gasteiger partial charge in [0.2, 0.25) is 0 Å². The third-order valence-corrected chi connectivity index (χ3v) is 7.67. The number of amides is 2. The summed E-state index contributed by atoms with van der Waals surface area (Å²) in [6.45, 7) is 3.22. The van der Waals surface area contributed by atoms with Crippen molar-refractivity contribution in [1.29, 1.82) is 0 Å². The van der Waals surface area contributed by atoms with Crippen molar-refractivity contribution in [3.05, 3.63) is 138 Å². The van der Waals surface area contributed by atoms with Crippen molar-refractivity contribution in [3.8, 4) is 5.75 Å². The lowest BCUT2D eigenvalue weighted by Gasteiger charge is -2.40. The Balaban J connectivity index is 1.27. The fraction of sp³-hybridized carbons (Fsp3) is 0.176. The van der Waals surface area contributed by atoms with Crippen molar-refractivity contribution in [2.75, 3.05) is 38.2 Å². The summed E-state index contributed by atoms with van der Waals surface area (Å²) in [5, 5.41) is 0. The first-order valence-electron chi connectivity index (χ1n) is 13.6. The fourth-order valence-electron chi connectivity index (χ4n) is 5.64. The van der Waals surface area contributed by atoms with Crippen LogP contribution in [-0.4, -0.2) is 54.9 Å². The first kappa shape index (κ1) is 25.6. The second-order valence-corrected chi connectivity index (χ2v) is 10.0. The monoisotopic (exact) mass is 529 g/mol. The van der Waals surface area contributed by atoms with E-state index in [1.165, 1.54) is 16.0 Å². The molecule has 1 fully saturated rings. The lowest BCUT2D eigenvalue weighted by atomic mass is 9.93. The van der Waals surface area contributed by atoms with Gasteiger partial charge in [0.05, 0.1) is 24.4 Å². The molecule has 2 aliphatic heterocycles. The number of piperazine rings is 1. The summed E-state index contributed by atoms with van der Waals surface area (Å²) in [6, 6.07) is 35.7. The van der Waals surface area contributed by atoms with Crippen LogP contribution in [0.2, 0.25) is 0 Å². The number of imide groups is 1. The fourth-order valence-corrected chi connectivity index (χ4v) is 5.64. The highest BCUT2D eigenvalue weighted by molar-refractivity contribution is 6.41. The molecule has 200 valence electrons. The zero-order valence-corrected chi connectivity index (χ0v) is 22.4. The highest BCUT2D eigenvalue weighted by Gasteiger charge is 2.36. The number of methoxy groups -OCH3 is 1. The summed E-state index contributed by atoms with van der Waals surface area (Å²) in [5.41, 5.74) is 4.79. The summed E-state index contributed by atoms with van der Waals surface area (Å²) in [5.74, 6) is 0.0306. The van der Waals surface area contributed by atoms with Gasteiger partial charge < -0.3 is 9.64 Å². The Morgan fingerprint density at radius 2 is 1.20 bits per heavy atom. The first-order chi connectivity index (χ1) is 19.6. The van der Waals surface area contributed by atoms with Crippen LogP contribution < -0.4 is 9.64 Å². The van der Waals surface area contributed by atoms with E-state index in [2.05, 4.69) is 70.5 Å². The number of carbonyl (C=O) groups excluding carboxylic acids is 2. The van der Waals surface area contributed by atoms with Gasteiger partial charge in [-0.15, -0.1) is 0 Å². The third-order valence-electron chi connectivity index (χ3n) is 7.67. The van der Waals surface area contributed by atoms with Gasteiger partial charge in [0.1, 0.15) is 5.75 Å². The van der Waals surface area contributed by atoms with Gasteiger partial charge in [0.15, 0.2) is 0 Å². The topological polar surface area (TPSA) is 53.1 Å². The van der Waals surface area contributed by atoms with Gasteiger partial charge in [-0.3, -0.25) is 14.5 Å². The van der Waals surface area contributed by atoms with Gasteiger partial charge in [0.25, 0.3) is 11.8 Å². The van der Waals surface area contributed by atoms with Crippen LogP contribution in [0.3, 0.4) is 0 Å². The molecule has 0 saturated carbocycles. The molecule has 0 bridgehead atoms. The van der Waals surface area contributed by atoms with E-state index in [1.54, 1.807) is 37.4 Å². The van der Waals surface area contributed by atoms with Crippen molar-refractivity contribution in [2.45, 2.75) is 6.04 Å². The molecule has 4 aromatic carbocycles. The van der Waals surface area contributed by atoms with Crippen LogP contribution in [-0.2, 0) is 4.79 Å². The number of carbonyl (C=O) groups is 2. The Hall–Kier alpha value is -4.68. The van der Waals surface area contributed by atoms with E-state index in [4.69, 9.17) is 4.74 Å². The predicted molar refractivity (Wildman–Crippen MR) is 157 cm³/mol. The summed E-state index contributed by atoms with van der Waals surface area (Å²) < 4.78 is 5.26. The van der Waals surface area contributed by atoms with E-state index >= 15 is 0 Å². The first-order valence-corrected chi connectivity index (χ1v) is 13.6. The molecule has 0 aliphatic carbocycles. The maximum atomic E-state index is 13.8. The molecule has 0 atom stereocenters. The molecule has 6 rings (SSSR count). The van der Waals surface area contributed by atoms with Gasteiger partial charge in [-0.2, -0.15) is 0 Å². The Labute approximate surface area is 234 Å². The Kier molecular flexibility index (Phi) is 7.17. The van der Waals surface area contributed by atoms with Crippen LogP contribution >= 0.6 is 0 Å². The molecule has 0 spiro atoms. The van der Waals surface area contributed by atoms with E-state index in [-0.39, 0.29) is 17.9 Å². The van der Waals surface area contributed by atoms with Gasteiger partial charge in [0, 0.05) is 43.5 Å². The summed E-state index contributed by atoms with van der Waals surface area (Å²) >= 11 is 0. The molecule has 0 aromatic heterocycles. The molecule has 4 aromatic rings. The molecule has 2 aliphatic rings. The van der Waals surface area contributed by atoms with Gasteiger partial charge in [-0.25, -0.2) is 4.90 Å². The van der Waals surface area contributed by atoms with E-state index in [0.717, 1.165) is 26.2 Å².